The quantitative estimate of drug-likeness (QED) is 0.324. The summed E-state index contributed by atoms with van der Waals surface area (Å²) in [6.45, 7) is 8.94. The number of carbonyl (C=O) groups excluding carboxylic acids is 1. The molecule has 134 valence electrons. The van der Waals surface area contributed by atoms with E-state index >= 15 is 0 Å². The van der Waals surface area contributed by atoms with E-state index in [1.807, 2.05) is 25.1 Å². The molecule has 2 rings (SSSR count). The van der Waals surface area contributed by atoms with Crippen LogP contribution < -0.4 is 9.47 Å². The second kappa shape index (κ2) is 9.04. The van der Waals surface area contributed by atoms with Crippen molar-refractivity contribution in [2.24, 2.45) is 0 Å². The summed E-state index contributed by atoms with van der Waals surface area (Å²) < 4.78 is 11.9. The second-order valence-electron chi connectivity index (χ2n) is 6.53. The first-order chi connectivity index (χ1) is 11.9. The van der Waals surface area contributed by atoms with E-state index in [4.69, 9.17) is 9.47 Å². The number of aryl methyl sites for hydroxylation is 2. The van der Waals surface area contributed by atoms with Crippen LogP contribution in [0.5, 0.6) is 11.5 Å². The van der Waals surface area contributed by atoms with Gasteiger partial charge >= 0.3 is 5.97 Å². The summed E-state index contributed by atoms with van der Waals surface area (Å²) in [5.41, 5.74) is 3.68. The molecule has 0 aliphatic heterocycles. The Morgan fingerprint density at radius 1 is 1.12 bits per heavy atom. The lowest BCUT2D eigenvalue weighted by atomic mass is 9.98. The van der Waals surface area contributed by atoms with Gasteiger partial charge in [-0.2, -0.15) is 0 Å². The van der Waals surface area contributed by atoms with Crippen molar-refractivity contribution in [1.29, 1.82) is 0 Å². The molecule has 0 aliphatic carbocycles. The van der Waals surface area contributed by atoms with Crippen LogP contribution in [-0.2, 0) is 4.79 Å². The van der Waals surface area contributed by atoms with E-state index in [0.717, 1.165) is 15.8 Å². The first kappa shape index (κ1) is 19.5. The summed E-state index contributed by atoms with van der Waals surface area (Å²) in [5, 5.41) is 0. The summed E-state index contributed by atoms with van der Waals surface area (Å²) in [6, 6.07) is 11.8. The summed E-state index contributed by atoms with van der Waals surface area (Å²) in [7, 11) is 0. The fourth-order valence-corrected chi connectivity index (χ4v) is 3.23. The van der Waals surface area contributed by atoms with Gasteiger partial charge in [-0.3, -0.25) is 4.79 Å². The van der Waals surface area contributed by atoms with Crippen molar-refractivity contribution in [3.8, 4) is 11.5 Å². The van der Waals surface area contributed by atoms with E-state index in [9.17, 15) is 4.79 Å². The Morgan fingerprint density at radius 2 is 1.88 bits per heavy atom. The van der Waals surface area contributed by atoms with Gasteiger partial charge in [-0.05, 0) is 83.1 Å². The Bertz CT molecular complexity index is 738. The molecule has 0 aromatic heterocycles. The molecule has 2 aromatic carbocycles. The largest absolute Gasteiger partial charge is 0.494 e. The molecule has 2 aromatic rings. The van der Waals surface area contributed by atoms with E-state index in [0.29, 0.717) is 31.1 Å². The topological polar surface area (TPSA) is 35.5 Å². The zero-order valence-corrected chi connectivity index (χ0v) is 16.9. The molecule has 0 atom stereocenters. The van der Waals surface area contributed by atoms with Gasteiger partial charge in [-0.15, -0.1) is 0 Å². The summed E-state index contributed by atoms with van der Waals surface area (Å²) in [4.78, 5) is 11.9. The van der Waals surface area contributed by atoms with Crippen LogP contribution in [0.4, 0.5) is 0 Å². The SMILES string of the molecule is Cc1ccc(OC(=O)CCCOc2ccc(C(C)C)c(C)c2)c(Br)c1. The van der Waals surface area contributed by atoms with Gasteiger partial charge in [0.25, 0.3) is 0 Å². The number of esters is 1. The van der Waals surface area contributed by atoms with Gasteiger partial charge in [-0.25, -0.2) is 0 Å². The highest BCUT2D eigenvalue weighted by molar-refractivity contribution is 9.10. The Kier molecular flexibility index (Phi) is 7.06. The normalized spacial score (nSPS) is 10.8. The van der Waals surface area contributed by atoms with Gasteiger partial charge in [0.05, 0.1) is 11.1 Å². The molecule has 0 aliphatic rings. The number of hydrogen-bond donors (Lipinski definition) is 0. The van der Waals surface area contributed by atoms with Crippen LogP contribution in [0.3, 0.4) is 0 Å². The number of benzene rings is 2. The molecule has 0 radical (unpaired) electrons. The molecule has 25 heavy (non-hydrogen) atoms. The molecule has 0 spiro atoms. The maximum absolute atomic E-state index is 11.9. The molecule has 0 fully saturated rings. The maximum Gasteiger partial charge on any atom is 0.311 e. The highest BCUT2D eigenvalue weighted by Gasteiger charge is 2.09. The Morgan fingerprint density at radius 3 is 2.52 bits per heavy atom. The highest BCUT2D eigenvalue weighted by Crippen LogP contribution is 2.26. The van der Waals surface area contributed by atoms with Crippen LogP contribution in [-0.4, -0.2) is 12.6 Å². The van der Waals surface area contributed by atoms with Crippen LogP contribution >= 0.6 is 15.9 Å². The van der Waals surface area contributed by atoms with Crippen molar-refractivity contribution in [2.75, 3.05) is 6.61 Å². The molecule has 0 unspecified atom stereocenters. The van der Waals surface area contributed by atoms with Gasteiger partial charge in [0.15, 0.2) is 0 Å². The van der Waals surface area contributed by atoms with Gasteiger partial charge in [0, 0.05) is 6.42 Å². The minimum atomic E-state index is -0.250. The zero-order chi connectivity index (χ0) is 18.4. The van der Waals surface area contributed by atoms with Gasteiger partial charge in [-0.1, -0.05) is 26.0 Å². The molecule has 0 saturated carbocycles. The summed E-state index contributed by atoms with van der Waals surface area (Å²) >= 11 is 3.41. The standard InChI is InChI=1S/C21H25BrO3/c1-14(2)18-9-8-17(13-16(18)4)24-11-5-6-21(23)25-20-10-7-15(3)12-19(20)22/h7-10,12-14H,5-6,11H2,1-4H3. The predicted octanol–water partition coefficient (Wildman–Crippen LogP) is 5.95. The molecule has 0 bridgehead atoms. The molecule has 0 N–H and O–H groups in total. The Balaban J connectivity index is 1.77. The Labute approximate surface area is 158 Å². The van der Waals surface area contributed by atoms with Crippen LogP contribution in [0.15, 0.2) is 40.9 Å². The summed E-state index contributed by atoms with van der Waals surface area (Å²) in [6.07, 6.45) is 0.941. The first-order valence-electron chi connectivity index (χ1n) is 8.57. The van der Waals surface area contributed by atoms with Crippen LogP contribution in [0.2, 0.25) is 0 Å². The number of ether oxygens (including phenoxy) is 2. The third-order valence-electron chi connectivity index (χ3n) is 3.97. The third-order valence-corrected chi connectivity index (χ3v) is 4.59. The fourth-order valence-electron chi connectivity index (χ4n) is 2.65. The van der Waals surface area contributed by atoms with Crippen LogP contribution in [0.25, 0.3) is 0 Å². The molecule has 0 saturated heterocycles. The van der Waals surface area contributed by atoms with Crippen molar-refractivity contribution in [3.05, 3.63) is 57.6 Å². The minimum absolute atomic E-state index is 0.250. The Hall–Kier alpha value is -1.81. The summed E-state index contributed by atoms with van der Waals surface area (Å²) in [5.74, 6) is 1.65. The number of halogens is 1. The average Bonchev–Trinajstić information content (AvgIpc) is 2.54. The second-order valence-corrected chi connectivity index (χ2v) is 7.39. The lowest BCUT2D eigenvalue weighted by Crippen LogP contribution is -2.10. The lowest BCUT2D eigenvalue weighted by molar-refractivity contribution is -0.134. The minimum Gasteiger partial charge on any atom is -0.494 e. The zero-order valence-electron chi connectivity index (χ0n) is 15.3. The maximum atomic E-state index is 11.9. The van der Waals surface area contributed by atoms with Crippen LogP contribution in [0, 0.1) is 13.8 Å². The first-order valence-corrected chi connectivity index (χ1v) is 9.36. The van der Waals surface area contributed by atoms with Crippen molar-refractivity contribution in [2.45, 2.75) is 46.5 Å². The molecule has 0 amide bonds. The van der Waals surface area contributed by atoms with Crippen molar-refractivity contribution >= 4 is 21.9 Å². The van der Waals surface area contributed by atoms with Crippen LogP contribution in [0.1, 0.15) is 49.3 Å². The number of carbonyl (C=O) groups is 1. The average molecular weight is 405 g/mol. The lowest BCUT2D eigenvalue weighted by Gasteiger charge is -2.12. The van der Waals surface area contributed by atoms with Gasteiger partial charge < -0.3 is 9.47 Å². The number of hydrogen-bond acceptors (Lipinski definition) is 3. The van der Waals surface area contributed by atoms with Crippen molar-refractivity contribution in [3.63, 3.8) is 0 Å². The molecule has 0 heterocycles. The van der Waals surface area contributed by atoms with Crippen molar-refractivity contribution < 1.29 is 14.3 Å². The molecule has 3 nitrogen and oxygen atoms in total. The third kappa shape index (κ3) is 5.89. The van der Waals surface area contributed by atoms with E-state index in [1.165, 1.54) is 11.1 Å². The van der Waals surface area contributed by atoms with Crippen molar-refractivity contribution in [1.82, 2.24) is 0 Å². The molecular weight excluding hydrogens is 380 g/mol. The number of rotatable bonds is 7. The van der Waals surface area contributed by atoms with E-state index in [-0.39, 0.29) is 5.97 Å². The van der Waals surface area contributed by atoms with E-state index in [1.54, 1.807) is 6.07 Å². The van der Waals surface area contributed by atoms with Gasteiger partial charge in [0.1, 0.15) is 11.5 Å². The molecule has 4 heteroatoms. The van der Waals surface area contributed by atoms with E-state index in [2.05, 4.69) is 48.8 Å². The fraction of sp³-hybridized carbons (Fsp3) is 0.381. The van der Waals surface area contributed by atoms with E-state index < -0.39 is 0 Å². The highest BCUT2D eigenvalue weighted by atomic mass is 79.9. The smallest absolute Gasteiger partial charge is 0.311 e. The monoisotopic (exact) mass is 404 g/mol. The van der Waals surface area contributed by atoms with Gasteiger partial charge in [0.2, 0.25) is 0 Å². The predicted molar refractivity (Wildman–Crippen MR) is 105 cm³/mol. The molecular formula is C21H25BrO3.